The van der Waals surface area contributed by atoms with Crippen molar-refractivity contribution >= 4 is 18.4 Å². The SMILES string of the molecule is CC/C=C\C(C(=O)O)=C1\C=NC(C(C=NC2CC2)=CN)=CN1C. The van der Waals surface area contributed by atoms with Crippen molar-refractivity contribution < 1.29 is 9.90 Å². The number of hydrogen-bond donors (Lipinski definition) is 2. The van der Waals surface area contributed by atoms with E-state index in [9.17, 15) is 9.90 Å². The maximum atomic E-state index is 11.4. The third-order valence-corrected chi connectivity index (χ3v) is 3.50. The van der Waals surface area contributed by atoms with Crippen LogP contribution in [0.25, 0.3) is 0 Å². The smallest absolute Gasteiger partial charge is 0.337 e. The van der Waals surface area contributed by atoms with E-state index in [0.29, 0.717) is 17.4 Å². The standard InChI is InChI=1S/C17H22N4O2/c1-3-4-5-14(17(22)23)16-10-20-15(11-21(16)2)12(8-18)9-19-13-6-7-13/h4-5,8-11,13H,3,6-7,18H2,1-2H3,(H,22,23)/b5-4-,12-8?,16-14+,19-9?. The summed E-state index contributed by atoms with van der Waals surface area (Å²) >= 11 is 0. The number of nitrogens with zero attached hydrogens (tertiary/aromatic N) is 3. The molecule has 1 heterocycles. The second-order valence-corrected chi connectivity index (χ2v) is 5.43. The maximum Gasteiger partial charge on any atom is 0.337 e. The first-order valence-electron chi connectivity index (χ1n) is 7.65. The van der Waals surface area contributed by atoms with Crippen LogP contribution in [0.1, 0.15) is 26.2 Å². The summed E-state index contributed by atoms with van der Waals surface area (Å²) in [5.74, 6) is -0.982. The fourth-order valence-corrected chi connectivity index (χ4v) is 2.02. The Labute approximate surface area is 136 Å². The van der Waals surface area contributed by atoms with Crippen molar-refractivity contribution in [1.82, 2.24) is 4.90 Å². The van der Waals surface area contributed by atoms with E-state index in [1.807, 2.05) is 13.0 Å². The molecule has 6 nitrogen and oxygen atoms in total. The lowest BCUT2D eigenvalue weighted by molar-refractivity contribution is -0.132. The minimum absolute atomic E-state index is 0.207. The minimum atomic E-state index is -0.982. The van der Waals surface area contributed by atoms with Gasteiger partial charge in [-0.25, -0.2) is 4.79 Å². The van der Waals surface area contributed by atoms with Crippen LogP contribution in [-0.2, 0) is 4.79 Å². The molecule has 0 amide bonds. The molecule has 122 valence electrons. The molecule has 0 unspecified atom stereocenters. The first-order valence-corrected chi connectivity index (χ1v) is 7.65. The van der Waals surface area contributed by atoms with Gasteiger partial charge in [-0.15, -0.1) is 0 Å². The van der Waals surface area contributed by atoms with Crippen molar-refractivity contribution in [1.29, 1.82) is 0 Å². The molecule has 0 saturated heterocycles. The highest BCUT2D eigenvalue weighted by Crippen LogP contribution is 2.24. The fraction of sp³-hybridized carbons (Fsp3) is 0.353. The van der Waals surface area contributed by atoms with Gasteiger partial charge < -0.3 is 15.7 Å². The fourth-order valence-electron chi connectivity index (χ4n) is 2.02. The summed E-state index contributed by atoms with van der Waals surface area (Å²) in [6.07, 6.45) is 12.9. The van der Waals surface area contributed by atoms with Crippen molar-refractivity contribution in [2.45, 2.75) is 32.2 Å². The Kier molecular flexibility index (Phi) is 5.51. The highest BCUT2D eigenvalue weighted by molar-refractivity contribution is 5.99. The molecule has 1 fully saturated rings. The second kappa shape index (κ2) is 7.58. The molecule has 0 spiro atoms. The molecule has 2 aliphatic rings. The van der Waals surface area contributed by atoms with Crippen molar-refractivity contribution in [2.24, 2.45) is 15.7 Å². The normalized spacial score (nSPS) is 21.2. The number of allylic oxidation sites excluding steroid dienone is 3. The highest BCUT2D eigenvalue weighted by Gasteiger charge is 2.20. The van der Waals surface area contributed by atoms with Gasteiger partial charge in [0.1, 0.15) is 0 Å². The largest absolute Gasteiger partial charge is 0.478 e. The van der Waals surface area contributed by atoms with Crippen molar-refractivity contribution in [3.63, 3.8) is 0 Å². The van der Waals surface area contributed by atoms with E-state index in [4.69, 9.17) is 5.73 Å². The van der Waals surface area contributed by atoms with E-state index >= 15 is 0 Å². The number of carbonyl (C=O) groups is 1. The molecular weight excluding hydrogens is 292 g/mol. The summed E-state index contributed by atoms with van der Waals surface area (Å²) in [7, 11) is 1.79. The summed E-state index contributed by atoms with van der Waals surface area (Å²) in [6.45, 7) is 1.95. The lowest BCUT2D eigenvalue weighted by Gasteiger charge is -2.22. The van der Waals surface area contributed by atoms with Crippen LogP contribution in [0.2, 0.25) is 0 Å². The van der Waals surface area contributed by atoms with Gasteiger partial charge >= 0.3 is 5.97 Å². The molecule has 1 saturated carbocycles. The number of aliphatic carboxylic acids is 1. The molecule has 0 aromatic rings. The van der Waals surface area contributed by atoms with E-state index in [1.165, 1.54) is 6.20 Å². The van der Waals surface area contributed by atoms with E-state index in [0.717, 1.165) is 24.8 Å². The van der Waals surface area contributed by atoms with Gasteiger partial charge in [0.2, 0.25) is 0 Å². The third kappa shape index (κ3) is 4.42. The zero-order valence-corrected chi connectivity index (χ0v) is 13.4. The lowest BCUT2D eigenvalue weighted by Crippen LogP contribution is -2.21. The van der Waals surface area contributed by atoms with Crippen LogP contribution in [0.3, 0.4) is 0 Å². The summed E-state index contributed by atoms with van der Waals surface area (Å²) in [4.78, 5) is 21.9. The van der Waals surface area contributed by atoms with Crippen LogP contribution in [0, 0.1) is 0 Å². The quantitative estimate of drug-likeness (QED) is 0.581. The van der Waals surface area contributed by atoms with Gasteiger partial charge in [0.15, 0.2) is 0 Å². The molecule has 0 bridgehead atoms. The number of carboxylic acid groups (broad SMARTS) is 1. The first kappa shape index (κ1) is 16.7. The zero-order valence-electron chi connectivity index (χ0n) is 13.4. The Balaban J connectivity index is 2.25. The van der Waals surface area contributed by atoms with Gasteiger partial charge in [-0.1, -0.05) is 13.0 Å². The number of hydrogen-bond acceptors (Lipinski definition) is 5. The van der Waals surface area contributed by atoms with Crippen LogP contribution in [0.15, 0.2) is 57.1 Å². The average Bonchev–Trinajstić information content (AvgIpc) is 3.34. The van der Waals surface area contributed by atoms with Crippen molar-refractivity contribution in [2.75, 3.05) is 7.05 Å². The number of nitrogens with two attached hydrogens (primary N) is 1. The molecule has 1 aliphatic carbocycles. The molecule has 0 radical (unpaired) electrons. The van der Waals surface area contributed by atoms with Crippen LogP contribution in [0.5, 0.6) is 0 Å². The van der Waals surface area contributed by atoms with Crippen molar-refractivity contribution in [3.05, 3.63) is 47.1 Å². The number of rotatable bonds is 6. The van der Waals surface area contributed by atoms with Gasteiger partial charge in [0, 0.05) is 31.2 Å². The Morgan fingerprint density at radius 2 is 2.30 bits per heavy atom. The molecule has 3 N–H and O–H groups in total. The molecule has 6 heteroatoms. The lowest BCUT2D eigenvalue weighted by atomic mass is 10.1. The predicted octanol–water partition coefficient (Wildman–Crippen LogP) is 2.22. The Bertz CT molecular complexity index is 650. The van der Waals surface area contributed by atoms with E-state index in [1.54, 1.807) is 36.7 Å². The average molecular weight is 314 g/mol. The molecule has 0 atom stereocenters. The minimum Gasteiger partial charge on any atom is -0.478 e. The predicted molar refractivity (Wildman–Crippen MR) is 92.2 cm³/mol. The van der Waals surface area contributed by atoms with Gasteiger partial charge in [-0.3, -0.25) is 9.98 Å². The highest BCUT2D eigenvalue weighted by atomic mass is 16.4. The number of carboxylic acids is 1. The molecular formula is C17H22N4O2. The molecule has 1 aliphatic heterocycles. The molecule has 0 aromatic heterocycles. The Hall–Kier alpha value is -2.63. The summed E-state index contributed by atoms with van der Waals surface area (Å²) in [6, 6.07) is 0.407. The number of aliphatic imine (C=N–C) groups is 2. The van der Waals surface area contributed by atoms with E-state index in [-0.39, 0.29) is 5.57 Å². The molecule has 23 heavy (non-hydrogen) atoms. The van der Waals surface area contributed by atoms with Crippen LogP contribution in [0.4, 0.5) is 0 Å². The monoisotopic (exact) mass is 314 g/mol. The summed E-state index contributed by atoms with van der Waals surface area (Å²) < 4.78 is 0. The van der Waals surface area contributed by atoms with Crippen LogP contribution >= 0.6 is 0 Å². The second-order valence-electron chi connectivity index (χ2n) is 5.43. The van der Waals surface area contributed by atoms with Crippen LogP contribution < -0.4 is 5.73 Å². The summed E-state index contributed by atoms with van der Waals surface area (Å²) in [5.41, 5.74) is 7.78. The Morgan fingerprint density at radius 3 is 2.83 bits per heavy atom. The van der Waals surface area contributed by atoms with Gasteiger partial charge in [-0.2, -0.15) is 0 Å². The Morgan fingerprint density at radius 1 is 1.57 bits per heavy atom. The van der Waals surface area contributed by atoms with Crippen LogP contribution in [-0.4, -0.2) is 41.5 Å². The summed E-state index contributed by atoms with van der Waals surface area (Å²) in [5, 5.41) is 9.37. The maximum absolute atomic E-state index is 11.4. The van der Waals surface area contributed by atoms with Gasteiger partial charge in [0.05, 0.1) is 29.2 Å². The van der Waals surface area contributed by atoms with Gasteiger partial charge in [-0.05, 0) is 25.3 Å². The zero-order chi connectivity index (χ0) is 16.8. The third-order valence-electron chi connectivity index (χ3n) is 3.50. The molecule has 2 rings (SSSR count). The first-order chi connectivity index (χ1) is 11.1. The van der Waals surface area contributed by atoms with Gasteiger partial charge in [0.25, 0.3) is 0 Å². The topological polar surface area (TPSA) is 91.3 Å². The van der Waals surface area contributed by atoms with E-state index in [2.05, 4.69) is 9.98 Å². The van der Waals surface area contributed by atoms with E-state index < -0.39 is 5.97 Å². The van der Waals surface area contributed by atoms with Crippen molar-refractivity contribution in [3.8, 4) is 0 Å². The molecule has 0 aromatic carbocycles.